The molecule has 1 fully saturated rings. The van der Waals surface area contributed by atoms with Gasteiger partial charge in [-0.2, -0.15) is 0 Å². The summed E-state index contributed by atoms with van der Waals surface area (Å²) in [5, 5.41) is 13.4. The standard InChI is InChI=1S/C18H19N3O7/c22-8-2-7-19-14(24)9-28-12-4-1-3-10-15(12)18(27)21(17(10)26)11-5-6-13(23)20-16(11)25/h1,3-4,11,22H,2,5-9H2,(H,19,24)(H,20,23,25). The molecule has 2 heterocycles. The van der Waals surface area contributed by atoms with Gasteiger partial charge in [0.15, 0.2) is 6.61 Å². The molecule has 0 spiro atoms. The molecule has 10 nitrogen and oxygen atoms in total. The topological polar surface area (TPSA) is 142 Å². The highest BCUT2D eigenvalue weighted by atomic mass is 16.5. The number of imide groups is 2. The first-order valence-electron chi connectivity index (χ1n) is 8.79. The minimum atomic E-state index is -1.07. The summed E-state index contributed by atoms with van der Waals surface area (Å²) in [5.41, 5.74) is 0.0632. The summed E-state index contributed by atoms with van der Waals surface area (Å²) in [6, 6.07) is 3.34. The van der Waals surface area contributed by atoms with Crippen molar-refractivity contribution in [2.45, 2.75) is 25.3 Å². The van der Waals surface area contributed by atoms with Gasteiger partial charge in [-0.3, -0.25) is 34.2 Å². The number of rotatable bonds is 7. The Morgan fingerprint density at radius 3 is 2.75 bits per heavy atom. The van der Waals surface area contributed by atoms with E-state index in [0.717, 1.165) is 4.90 Å². The van der Waals surface area contributed by atoms with Crippen LogP contribution in [0.2, 0.25) is 0 Å². The van der Waals surface area contributed by atoms with Gasteiger partial charge in [0.2, 0.25) is 11.8 Å². The summed E-state index contributed by atoms with van der Waals surface area (Å²) in [6.45, 7) is -0.145. The summed E-state index contributed by atoms with van der Waals surface area (Å²) < 4.78 is 5.41. The molecule has 1 aromatic rings. The van der Waals surface area contributed by atoms with E-state index in [0.29, 0.717) is 6.42 Å². The number of aliphatic hydroxyl groups is 1. The summed E-state index contributed by atoms with van der Waals surface area (Å²) in [6.07, 6.45) is 0.487. The number of hydrogen-bond donors (Lipinski definition) is 3. The molecular weight excluding hydrogens is 370 g/mol. The molecule has 1 atom stereocenters. The molecule has 1 saturated heterocycles. The maximum Gasteiger partial charge on any atom is 0.266 e. The fourth-order valence-electron chi connectivity index (χ4n) is 3.11. The van der Waals surface area contributed by atoms with Gasteiger partial charge in [-0.1, -0.05) is 6.07 Å². The smallest absolute Gasteiger partial charge is 0.266 e. The van der Waals surface area contributed by atoms with Crippen molar-refractivity contribution in [1.29, 1.82) is 0 Å². The highest BCUT2D eigenvalue weighted by Gasteiger charge is 2.46. The lowest BCUT2D eigenvalue weighted by Gasteiger charge is -2.27. The Labute approximate surface area is 159 Å². The number of piperidine rings is 1. The third-order valence-electron chi connectivity index (χ3n) is 4.45. The molecule has 1 aromatic carbocycles. The zero-order valence-electron chi connectivity index (χ0n) is 14.9. The zero-order valence-corrected chi connectivity index (χ0v) is 14.9. The molecule has 0 aromatic heterocycles. The van der Waals surface area contributed by atoms with E-state index >= 15 is 0 Å². The van der Waals surface area contributed by atoms with Gasteiger partial charge in [0.25, 0.3) is 17.7 Å². The quantitative estimate of drug-likeness (QED) is 0.400. The summed E-state index contributed by atoms with van der Waals surface area (Å²) in [5.74, 6) is -2.88. The van der Waals surface area contributed by atoms with E-state index in [9.17, 15) is 24.0 Å². The van der Waals surface area contributed by atoms with E-state index in [4.69, 9.17) is 9.84 Å². The molecule has 0 radical (unpaired) electrons. The van der Waals surface area contributed by atoms with Crippen LogP contribution >= 0.6 is 0 Å². The van der Waals surface area contributed by atoms with Gasteiger partial charge in [-0.05, 0) is 25.0 Å². The van der Waals surface area contributed by atoms with Crippen molar-refractivity contribution < 1.29 is 33.8 Å². The number of aliphatic hydroxyl groups excluding tert-OH is 1. The molecule has 2 aliphatic heterocycles. The number of nitrogens with zero attached hydrogens (tertiary/aromatic N) is 1. The molecule has 2 aliphatic rings. The first-order chi connectivity index (χ1) is 13.4. The predicted molar refractivity (Wildman–Crippen MR) is 93.3 cm³/mol. The minimum Gasteiger partial charge on any atom is -0.483 e. The summed E-state index contributed by atoms with van der Waals surface area (Å²) in [7, 11) is 0. The number of hydrogen-bond acceptors (Lipinski definition) is 7. The fourth-order valence-corrected chi connectivity index (χ4v) is 3.11. The summed E-state index contributed by atoms with van der Waals surface area (Å²) >= 11 is 0. The molecular formula is C18H19N3O7. The number of carbonyl (C=O) groups excluding carboxylic acids is 5. The third-order valence-corrected chi connectivity index (χ3v) is 4.45. The van der Waals surface area contributed by atoms with Crippen LogP contribution in [-0.2, 0) is 14.4 Å². The maximum absolute atomic E-state index is 12.8. The van der Waals surface area contributed by atoms with Gasteiger partial charge in [0.1, 0.15) is 11.8 Å². The van der Waals surface area contributed by atoms with Crippen molar-refractivity contribution in [3.63, 3.8) is 0 Å². The Morgan fingerprint density at radius 2 is 2.04 bits per heavy atom. The summed E-state index contributed by atoms with van der Waals surface area (Å²) in [4.78, 5) is 61.5. The zero-order chi connectivity index (χ0) is 20.3. The molecule has 0 bridgehead atoms. The van der Waals surface area contributed by atoms with Crippen LogP contribution in [0, 0.1) is 0 Å². The van der Waals surface area contributed by atoms with E-state index in [1.54, 1.807) is 0 Å². The van der Waals surface area contributed by atoms with Crippen LogP contribution in [0.15, 0.2) is 18.2 Å². The molecule has 10 heteroatoms. The molecule has 5 amide bonds. The Morgan fingerprint density at radius 1 is 1.25 bits per heavy atom. The Hall–Kier alpha value is -3.27. The van der Waals surface area contributed by atoms with Gasteiger partial charge in [0.05, 0.1) is 11.1 Å². The van der Waals surface area contributed by atoms with E-state index in [2.05, 4.69) is 10.6 Å². The molecule has 148 valence electrons. The fraction of sp³-hybridized carbons (Fsp3) is 0.389. The lowest BCUT2D eigenvalue weighted by molar-refractivity contribution is -0.136. The van der Waals surface area contributed by atoms with Crippen LogP contribution in [0.4, 0.5) is 0 Å². The van der Waals surface area contributed by atoms with Gasteiger partial charge in [0, 0.05) is 19.6 Å². The van der Waals surface area contributed by atoms with E-state index in [-0.39, 0.29) is 49.5 Å². The first kappa shape index (κ1) is 19.5. The normalized spacial score (nSPS) is 18.8. The van der Waals surface area contributed by atoms with Crippen LogP contribution < -0.4 is 15.4 Å². The van der Waals surface area contributed by atoms with Crippen molar-refractivity contribution in [2.24, 2.45) is 0 Å². The Kier molecular flexibility index (Phi) is 5.69. The van der Waals surface area contributed by atoms with Gasteiger partial charge in [-0.25, -0.2) is 0 Å². The first-order valence-corrected chi connectivity index (χ1v) is 8.79. The molecule has 0 aliphatic carbocycles. The van der Waals surface area contributed by atoms with Crippen LogP contribution in [0.3, 0.4) is 0 Å². The lowest BCUT2D eigenvalue weighted by Crippen LogP contribution is -2.54. The Bertz CT molecular complexity index is 852. The highest BCUT2D eigenvalue weighted by Crippen LogP contribution is 2.33. The number of nitrogens with one attached hydrogen (secondary N) is 2. The largest absolute Gasteiger partial charge is 0.483 e. The number of carbonyl (C=O) groups is 5. The monoisotopic (exact) mass is 389 g/mol. The number of benzene rings is 1. The van der Waals surface area contributed by atoms with Crippen molar-refractivity contribution in [3.05, 3.63) is 29.3 Å². The number of fused-ring (bicyclic) bond motifs is 1. The average Bonchev–Trinajstić information content (AvgIpc) is 2.92. The van der Waals surface area contributed by atoms with Crippen molar-refractivity contribution >= 4 is 29.5 Å². The second-order valence-electron chi connectivity index (χ2n) is 6.34. The van der Waals surface area contributed by atoms with Crippen molar-refractivity contribution in [3.8, 4) is 5.75 Å². The van der Waals surface area contributed by atoms with E-state index in [1.165, 1.54) is 18.2 Å². The van der Waals surface area contributed by atoms with E-state index in [1.807, 2.05) is 0 Å². The van der Waals surface area contributed by atoms with Gasteiger partial charge in [-0.15, -0.1) is 0 Å². The van der Waals surface area contributed by atoms with Crippen molar-refractivity contribution in [2.75, 3.05) is 19.8 Å². The number of amides is 5. The minimum absolute atomic E-state index is 0.0136. The predicted octanol–water partition coefficient (Wildman–Crippen LogP) is -1.03. The van der Waals surface area contributed by atoms with E-state index < -0.39 is 35.6 Å². The second kappa shape index (κ2) is 8.17. The van der Waals surface area contributed by atoms with Gasteiger partial charge >= 0.3 is 0 Å². The van der Waals surface area contributed by atoms with Crippen molar-refractivity contribution in [1.82, 2.24) is 15.5 Å². The third kappa shape index (κ3) is 3.72. The van der Waals surface area contributed by atoms with Crippen LogP contribution in [0.5, 0.6) is 5.75 Å². The molecule has 3 N–H and O–H groups in total. The van der Waals surface area contributed by atoms with Crippen LogP contribution in [-0.4, -0.2) is 65.3 Å². The van der Waals surface area contributed by atoms with Gasteiger partial charge < -0.3 is 15.2 Å². The maximum atomic E-state index is 12.8. The van der Waals surface area contributed by atoms with Crippen LogP contribution in [0.25, 0.3) is 0 Å². The number of ether oxygens (including phenoxy) is 1. The second-order valence-corrected chi connectivity index (χ2v) is 6.34. The Balaban J connectivity index is 1.76. The molecule has 28 heavy (non-hydrogen) atoms. The van der Waals surface area contributed by atoms with Crippen LogP contribution in [0.1, 0.15) is 40.0 Å². The highest BCUT2D eigenvalue weighted by molar-refractivity contribution is 6.24. The molecule has 3 rings (SSSR count). The molecule has 1 unspecified atom stereocenters. The average molecular weight is 389 g/mol. The lowest BCUT2D eigenvalue weighted by atomic mass is 10.0. The molecule has 0 saturated carbocycles. The SMILES string of the molecule is O=C(COc1cccc2c1C(=O)N(C1CCC(=O)NC1=O)C2=O)NCCCO.